The molecule has 1 saturated heterocycles. The quantitative estimate of drug-likeness (QED) is 0.691. The van der Waals surface area contributed by atoms with Crippen LogP contribution in [0.1, 0.15) is 53.5 Å². The fourth-order valence-electron chi connectivity index (χ4n) is 4.30. The van der Waals surface area contributed by atoms with Crippen LogP contribution in [0.3, 0.4) is 0 Å². The van der Waals surface area contributed by atoms with Crippen LogP contribution in [-0.2, 0) is 10.2 Å². The minimum Gasteiger partial charge on any atom is -0.491 e. The Labute approximate surface area is 182 Å². The van der Waals surface area contributed by atoms with Gasteiger partial charge in [-0.15, -0.1) is 0 Å². The van der Waals surface area contributed by atoms with E-state index in [0.29, 0.717) is 26.2 Å². The normalized spacial score (nSPS) is 17.0. The van der Waals surface area contributed by atoms with Gasteiger partial charge in [0.05, 0.1) is 6.61 Å². The first-order valence-corrected chi connectivity index (χ1v) is 11.1. The van der Waals surface area contributed by atoms with Crippen LogP contribution in [0.25, 0.3) is 0 Å². The van der Waals surface area contributed by atoms with Crippen LogP contribution in [0.15, 0.2) is 24.3 Å². The van der Waals surface area contributed by atoms with Gasteiger partial charge in [-0.25, -0.2) is 4.79 Å². The summed E-state index contributed by atoms with van der Waals surface area (Å²) >= 11 is 0. The summed E-state index contributed by atoms with van der Waals surface area (Å²) in [7, 11) is 0. The molecule has 1 atom stereocenters. The standard InChI is InChI=1S/C24H40N2O4/c1-7-29-22(28)26-14-12-25(13-15-26)16-20(27)17-30-21-10-8-19(9-11-21)24(5,6)18-23(2,3)4/h8-11,20,27H,7,12-18H2,1-6H3. The minimum atomic E-state index is -0.573. The lowest BCUT2D eigenvalue weighted by atomic mass is 9.72. The molecular formula is C24H40N2O4. The van der Waals surface area contributed by atoms with Crippen molar-refractivity contribution in [3.05, 3.63) is 29.8 Å². The molecule has 0 bridgehead atoms. The third-order valence-electron chi connectivity index (χ3n) is 5.42. The third kappa shape index (κ3) is 7.80. The number of nitrogens with zero attached hydrogens (tertiary/aromatic N) is 2. The zero-order valence-electron chi connectivity index (χ0n) is 19.6. The van der Waals surface area contributed by atoms with Crippen molar-refractivity contribution in [1.82, 2.24) is 9.80 Å². The van der Waals surface area contributed by atoms with Crippen molar-refractivity contribution >= 4 is 6.09 Å². The Balaban J connectivity index is 1.76. The topological polar surface area (TPSA) is 62.2 Å². The second kappa shape index (κ2) is 10.5. The van der Waals surface area contributed by atoms with E-state index in [1.807, 2.05) is 19.1 Å². The highest BCUT2D eigenvalue weighted by Crippen LogP contribution is 2.36. The summed E-state index contributed by atoms with van der Waals surface area (Å²) in [6.07, 6.45) is 0.272. The summed E-state index contributed by atoms with van der Waals surface area (Å²) < 4.78 is 10.8. The van der Waals surface area contributed by atoms with Gasteiger partial charge in [0.1, 0.15) is 18.5 Å². The summed E-state index contributed by atoms with van der Waals surface area (Å²) in [6.45, 7) is 17.1. The Hall–Kier alpha value is -1.79. The number of benzene rings is 1. The Bertz CT molecular complexity index is 659. The second-order valence-electron chi connectivity index (χ2n) is 10.1. The van der Waals surface area contributed by atoms with Crippen molar-refractivity contribution in [1.29, 1.82) is 0 Å². The number of β-amino-alcohol motifs (C(OH)–C–C–N with tert-alkyl or cyclic N) is 1. The highest BCUT2D eigenvalue weighted by atomic mass is 16.6. The largest absolute Gasteiger partial charge is 0.491 e. The van der Waals surface area contributed by atoms with Crippen LogP contribution in [0.5, 0.6) is 5.75 Å². The number of carbonyl (C=O) groups excluding carboxylic acids is 1. The lowest BCUT2D eigenvalue weighted by molar-refractivity contribution is 0.0407. The molecule has 0 aliphatic carbocycles. The highest BCUT2D eigenvalue weighted by molar-refractivity contribution is 5.67. The molecule has 1 amide bonds. The van der Waals surface area contributed by atoms with E-state index in [1.54, 1.807) is 4.90 Å². The number of piperazine rings is 1. The second-order valence-corrected chi connectivity index (χ2v) is 10.1. The molecule has 0 spiro atoms. The van der Waals surface area contributed by atoms with Gasteiger partial charge < -0.3 is 19.5 Å². The van der Waals surface area contributed by atoms with Crippen LogP contribution in [-0.4, -0.2) is 73.0 Å². The first-order valence-electron chi connectivity index (χ1n) is 11.1. The molecule has 1 aromatic carbocycles. The van der Waals surface area contributed by atoms with Gasteiger partial charge >= 0.3 is 6.09 Å². The smallest absolute Gasteiger partial charge is 0.409 e. The Morgan fingerprint density at radius 3 is 2.20 bits per heavy atom. The summed E-state index contributed by atoms with van der Waals surface area (Å²) in [6, 6.07) is 8.24. The molecular weight excluding hydrogens is 380 g/mol. The van der Waals surface area contributed by atoms with Crippen LogP contribution >= 0.6 is 0 Å². The van der Waals surface area contributed by atoms with Gasteiger partial charge in [0.25, 0.3) is 0 Å². The summed E-state index contributed by atoms with van der Waals surface area (Å²) in [5.41, 5.74) is 1.66. The molecule has 1 aliphatic rings. The molecule has 1 aliphatic heterocycles. The van der Waals surface area contributed by atoms with Crippen molar-refractivity contribution in [2.24, 2.45) is 5.41 Å². The molecule has 1 heterocycles. The zero-order chi connectivity index (χ0) is 22.4. The number of aliphatic hydroxyl groups excluding tert-OH is 1. The van der Waals surface area contributed by atoms with E-state index in [0.717, 1.165) is 25.3 Å². The third-order valence-corrected chi connectivity index (χ3v) is 5.42. The monoisotopic (exact) mass is 420 g/mol. The number of carbonyl (C=O) groups is 1. The lowest BCUT2D eigenvalue weighted by Gasteiger charge is -2.34. The molecule has 1 aromatic rings. The van der Waals surface area contributed by atoms with Crippen molar-refractivity contribution < 1.29 is 19.4 Å². The summed E-state index contributed by atoms with van der Waals surface area (Å²) in [4.78, 5) is 15.6. The molecule has 6 nitrogen and oxygen atoms in total. The number of rotatable bonds is 8. The minimum absolute atomic E-state index is 0.0992. The Morgan fingerprint density at radius 1 is 1.07 bits per heavy atom. The highest BCUT2D eigenvalue weighted by Gasteiger charge is 2.27. The van der Waals surface area contributed by atoms with Crippen molar-refractivity contribution in [3.8, 4) is 5.75 Å². The van der Waals surface area contributed by atoms with E-state index in [1.165, 1.54) is 5.56 Å². The maximum absolute atomic E-state index is 11.8. The Morgan fingerprint density at radius 2 is 1.67 bits per heavy atom. The number of aliphatic hydroxyl groups is 1. The van der Waals surface area contributed by atoms with Crippen LogP contribution in [0, 0.1) is 5.41 Å². The first-order chi connectivity index (χ1) is 14.0. The van der Waals surface area contributed by atoms with E-state index in [-0.39, 0.29) is 23.5 Å². The molecule has 170 valence electrons. The van der Waals surface area contributed by atoms with Crippen molar-refractivity contribution in [2.45, 2.75) is 59.5 Å². The zero-order valence-corrected chi connectivity index (χ0v) is 19.6. The summed E-state index contributed by atoms with van der Waals surface area (Å²) in [5, 5.41) is 10.4. The Kier molecular flexibility index (Phi) is 8.56. The van der Waals surface area contributed by atoms with E-state index >= 15 is 0 Å². The molecule has 2 rings (SSSR count). The van der Waals surface area contributed by atoms with Crippen molar-refractivity contribution in [2.75, 3.05) is 45.9 Å². The average Bonchev–Trinajstić information content (AvgIpc) is 2.65. The van der Waals surface area contributed by atoms with Gasteiger partial charge in [-0.2, -0.15) is 0 Å². The molecule has 0 saturated carbocycles. The van der Waals surface area contributed by atoms with Crippen molar-refractivity contribution in [3.63, 3.8) is 0 Å². The number of ether oxygens (including phenoxy) is 2. The maximum atomic E-state index is 11.8. The fourth-order valence-corrected chi connectivity index (χ4v) is 4.30. The molecule has 6 heteroatoms. The van der Waals surface area contributed by atoms with Gasteiger partial charge in [0, 0.05) is 32.7 Å². The maximum Gasteiger partial charge on any atom is 0.409 e. The lowest BCUT2D eigenvalue weighted by Crippen LogP contribution is -2.51. The molecule has 0 aromatic heterocycles. The summed E-state index contributed by atoms with van der Waals surface area (Å²) in [5.74, 6) is 0.775. The van der Waals surface area contributed by atoms with Gasteiger partial charge in [-0.1, -0.05) is 46.8 Å². The average molecular weight is 421 g/mol. The van der Waals surface area contributed by atoms with Gasteiger partial charge in [-0.05, 0) is 41.9 Å². The molecule has 1 unspecified atom stereocenters. The molecule has 30 heavy (non-hydrogen) atoms. The SMILES string of the molecule is CCOC(=O)N1CCN(CC(O)COc2ccc(C(C)(C)CC(C)(C)C)cc2)CC1. The molecule has 0 radical (unpaired) electrons. The van der Waals surface area contributed by atoms with E-state index in [2.05, 4.69) is 51.7 Å². The van der Waals surface area contributed by atoms with E-state index in [9.17, 15) is 9.90 Å². The number of hydrogen-bond donors (Lipinski definition) is 1. The molecule has 1 fully saturated rings. The van der Waals surface area contributed by atoms with Gasteiger partial charge in [0.15, 0.2) is 0 Å². The number of amides is 1. The van der Waals surface area contributed by atoms with Crippen LogP contribution in [0.2, 0.25) is 0 Å². The van der Waals surface area contributed by atoms with Gasteiger partial charge in [-0.3, -0.25) is 4.90 Å². The molecule has 1 N–H and O–H groups in total. The fraction of sp³-hybridized carbons (Fsp3) is 0.708. The predicted octanol–water partition coefficient (Wildman–Crippen LogP) is 3.91. The first kappa shape index (κ1) is 24.5. The number of hydrogen-bond acceptors (Lipinski definition) is 5. The van der Waals surface area contributed by atoms with Crippen LogP contribution < -0.4 is 4.74 Å². The van der Waals surface area contributed by atoms with Crippen LogP contribution in [0.4, 0.5) is 4.79 Å². The predicted molar refractivity (Wildman–Crippen MR) is 120 cm³/mol. The van der Waals surface area contributed by atoms with Gasteiger partial charge in [0.2, 0.25) is 0 Å². The van der Waals surface area contributed by atoms with E-state index in [4.69, 9.17) is 9.47 Å². The van der Waals surface area contributed by atoms with E-state index < -0.39 is 6.10 Å².